The number of halogens is 1. The molecule has 0 aliphatic carbocycles. The van der Waals surface area contributed by atoms with Gasteiger partial charge in [0.1, 0.15) is 5.82 Å². The molecule has 0 atom stereocenters. The van der Waals surface area contributed by atoms with Gasteiger partial charge in [0.15, 0.2) is 5.11 Å². The summed E-state index contributed by atoms with van der Waals surface area (Å²) in [6, 6.07) is 15.7. The van der Waals surface area contributed by atoms with Crippen LogP contribution >= 0.6 is 12.2 Å². The number of thiocarbonyl (C=S) groups is 1. The van der Waals surface area contributed by atoms with Gasteiger partial charge < -0.3 is 5.32 Å². The summed E-state index contributed by atoms with van der Waals surface area (Å²) in [7, 11) is 0. The maximum Gasteiger partial charge on any atom is 0.262 e. The van der Waals surface area contributed by atoms with E-state index in [0.29, 0.717) is 0 Å². The summed E-state index contributed by atoms with van der Waals surface area (Å²) in [6.07, 6.45) is 6.41. The third-order valence-electron chi connectivity index (χ3n) is 3.47. The number of carbonyl (C=O) groups excluding carboxylic acids is 1. The van der Waals surface area contributed by atoms with Gasteiger partial charge in [0, 0.05) is 17.8 Å². The van der Waals surface area contributed by atoms with Gasteiger partial charge in [0.05, 0.1) is 17.6 Å². The number of anilines is 1. The van der Waals surface area contributed by atoms with E-state index in [2.05, 4.69) is 21.3 Å². The maximum atomic E-state index is 13.5. The first-order valence-corrected chi connectivity index (χ1v) is 8.42. The Morgan fingerprint density at radius 2 is 1.81 bits per heavy atom. The number of amides is 1. The second kappa shape index (κ2) is 8.72. The Kier molecular flexibility index (Phi) is 5.91. The van der Waals surface area contributed by atoms with E-state index in [9.17, 15) is 9.18 Å². The molecule has 8 heteroatoms. The Labute approximate surface area is 160 Å². The van der Waals surface area contributed by atoms with Crippen LogP contribution < -0.4 is 16.2 Å². The average molecular weight is 381 g/mol. The zero-order valence-electron chi connectivity index (χ0n) is 14.1. The topological polar surface area (TPSA) is 71.0 Å². The molecular weight excluding hydrogens is 365 g/mol. The summed E-state index contributed by atoms with van der Waals surface area (Å²) >= 11 is 5.01. The Balaban J connectivity index is 1.50. The van der Waals surface area contributed by atoms with Crippen LogP contribution in [0.25, 0.3) is 11.8 Å². The minimum atomic E-state index is -0.441. The first-order valence-electron chi connectivity index (χ1n) is 8.01. The molecule has 0 spiro atoms. The summed E-state index contributed by atoms with van der Waals surface area (Å²) in [5.41, 5.74) is 6.81. The number of carbonyl (C=O) groups is 1. The molecule has 0 fully saturated rings. The highest BCUT2D eigenvalue weighted by Gasteiger charge is 2.04. The number of hydrogen-bond donors (Lipinski definition) is 3. The minimum Gasteiger partial charge on any atom is -0.329 e. The maximum absolute atomic E-state index is 13.5. The van der Waals surface area contributed by atoms with Gasteiger partial charge in [-0.1, -0.05) is 30.3 Å². The van der Waals surface area contributed by atoms with Crippen LogP contribution in [0.5, 0.6) is 0 Å². The van der Waals surface area contributed by atoms with Crippen molar-refractivity contribution in [3.8, 4) is 5.69 Å². The SMILES string of the molecule is O=C(/C=C/c1cnn(-c2ccccc2)c1)NNC(=S)Nc1ccccc1F. The van der Waals surface area contributed by atoms with Crippen LogP contribution in [-0.2, 0) is 4.79 Å². The van der Waals surface area contributed by atoms with Gasteiger partial charge in [-0.3, -0.25) is 15.6 Å². The van der Waals surface area contributed by atoms with Crippen molar-refractivity contribution in [2.24, 2.45) is 0 Å². The summed E-state index contributed by atoms with van der Waals surface area (Å²) in [6.45, 7) is 0. The van der Waals surface area contributed by atoms with Gasteiger partial charge in [-0.2, -0.15) is 5.10 Å². The second-order valence-electron chi connectivity index (χ2n) is 5.44. The van der Waals surface area contributed by atoms with E-state index in [1.165, 1.54) is 18.2 Å². The van der Waals surface area contributed by atoms with Gasteiger partial charge in [-0.05, 0) is 42.6 Å². The largest absolute Gasteiger partial charge is 0.329 e. The van der Waals surface area contributed by atoms with Crippen LogP contribution in [-0.4, -0.2) is 20.8 Å². The van der Waals surface area contributed by atoms with Crippen LogP contribution in [0.15, 0.2) is 73.1 Å². The van der Waals surface area contributed by atoms with Gasteiger partial charge >= 0.3 is 0 Å². The van der Waals surface area contributed by atoms with E-state index in [4.69, 9.17) is 12.2 Å². The quantitative estimate of drug-likeness (QED) is 0.368. The van der Waals surface area contributed by atoms with Crippen LogP contribution in [0, 0.1) is 5.82 Å². The van der Waals surface area contributed by atoms with Crippen LogP contribution in [0.4, 0.5) is 10.1 Å². The number of nitrogens with one attached hydrogen (secondary N) is 3. The van der Waals surface area contributed by atoms with E-state index in [1.807, 2.05) is 30.3 Å². The first-order chi connectivity index (χ1) is 13.1. The van der Waals surface area contributed by atoms with E-state index >= 15 is 0 Å². The van der Waals surface area contributed by atoms with E-state index < -0.39 is 11.7 Å². The van der Waals surface area contributed by atoms with Crippen molar-refractivity contribution in [3.05, 3.63) is 84.4 Å². The lowest BCUT2D eigenvalue weighted by atomic mass is 10.3. The van der Waals surface area contributed by atoms with Crippen LogP contribution in [0.2, 0.25) is 0 Å². The molecule has 27 heavy (non-hydrogen) atoms. The second-order valence-corrected chi connectivity index (χ2v) is 5.84. The Bertz CT molecular complexity index is 971. The highest BCUT2D eigenvalue weighted by atomic mass is 32.1. The van der Waals surface area contributed by atoms with Crippen LogP contribution in [0.3, 0.4) is 0 Å². The molecule has 0 aliphatic heterocycles. The predicted molar refractivity (Wildman–Crippen MR) is 106 cm³/mol. The van der Waals surface area contributed by atoms with Gasteiger partial charge in [0.2, 0.25) is 0 Å². The smallest absolute Gasteiger partial charge is 0.262 e. The van der Waals surface area contributed by atoms with Crippen molar-refractivity contribution in [2.45, 2.75) is 0 Å². The molecule has 0 saturated carbocycles. The Hall–Kier alpha value is -3.52. The normalized spacial score (nSPS) is 10.6. The molecule has 1 amide bonds. The fourth-order valence-electron chi connectivity index (χ4n) is 2.19. The summed E-state index contributed by atoms with van der Waals surface area (Å²) < 4.78 is 15.2. The molecular formula is C19H16FN5OS. The summed E-state index contributed by atoms with van der Waals surface area (Å²) in [4.78, 5) is 11.9. The highest BCUT2D eigenvalue weighted by molar-refractivity contribution is 7.80. The fourth-order valence-corrected chi connectivity index (χ4v) is 2.35. The molecule has 1 heterocycles. The van der Waals surface area contributed by atoms with E-state index in [0.717, 1.165) is 11.3 Å². The molecule has 0 bridgehead atoms. The molecule has 0 radical (unpaired) electrons. The molecule has 2 aromatic carbocycles. The molecule has 0 aliphatic rings. The number of nitrogens with zero attached hydrogens (tertiary/aromatic N) is 2. The number of hydrogen-bond acceptors (Lipinski definition) is 3. The first kappa shape index (κ1) is 18.3. The number of aromatic nitrogens is 2. The molecule has 1 aromatic heterocycles. The third kappa shape index (κ3) is 5.23. The standard InChI is InChI=1S/C19H16FN5OS/c20-16-8-4-5-9-17(16)22-19(27)24-23-18(26)11-10-14-12-21-25(13-14)15-6-2-1-3-7-15/h1-13H,(H,23,26)(H2,22,24,27)/b11-10+. The number of para-hydroxylation sites is 2. The molecule has 3 N–H and O–H groups in total. The molecule has 136 valence electrons. The third-order valence-corrected chi connectivity index (χ3v) is 3.68. The molecule has 0 unspecified atom stereocenters. The van der Waals surface area contributed by atoms with Gasteiger partial charge in [0.25, 0.3) is 5.91 Å². The number of benzene rings is 2. The van der Waals surface area contributed by atoms with E-state index in [1.54, 1.807) is 35.3 Å². The fraction of sp³-hybridized carbons (Fsp3) is 0. The average Bonchev–Trinajstić information content (AvgIpc) is 3.16. The zero-order chi connectivity index (χ0) is 19.1. The van der Waals surface area contributed by atoms with Crippen molar-refractivity contribution < 1.29 is 9.18 Å². The summed E-state index contributed by atoms with van der Waals surface area (Å²) in [5, 5.41) is 6.97. The van der Waals surface area contributed by atoms with E-state index in [-0.39, 0.29) is 10.8 Å². The van der Waals surface area contributed by atoms with Crippen molar-refractivity contribution >= 4 is 35.0 Å². The van der Waals surface area contributed by atoms with Crippen molar-refractivity contribution in [1.29, 1.82) is 0 Å². The van der Waals surface area contributed by atoms with Gasteiger partial charge in [-0.25, -0.2) is 9.07 Å². The Morgan fingerprint density at radius 3 is 2.59 bits per heavy atom. The van der Waals surface area contributed by atoms with Crippen molar-refractivity contribution in [3.63, 3.8) is 0 Å². The minimum absolute atomic E-state index is 0.0683. The Morgan fingerprint density at radius 1 is 1.07 bits per heavy atom. The lowest BCUT2D eigenvalue weighted by molar-refractivity contribution is -0.116. The lowest BCUT2D eigenvalue weighted by Gasteiger charge is -2.10. The monoisotopic (exact) mass is 381 g/mol. The highest BCUT2D eigenvalue weighted by Crippen LogP contribution is 2.11. The number of rotatable bonds is 4. The van der Waals surface area contributed by atoms with Crippen molar-refractivity contribution in [1.82, 2.24) is 20.6 Å². The van der Waals surface area contributed by atoms with Crippen LogP contribution in [0.1, 0.15) is 5.56 Å². The molecule has 6 nitrogen and oxygen atoms in total. The molecule has 3 rings (SSSR count). The summed E-state index contributed by atoms with van der Waals surface area (Å²) in [5.74, 6) is -0.858. The molecule has 0 saturated heterocycles. The van der Waals surface area contributed by atoms with Crippen molar-refractivity contribution in [2.75, 3.05) is 5.32 Å². The lowest BCUT2D eigenvalue weighted by Crippen LogP contribution is -2.43. The predicted octanol–water partition coefficient (Wildman–Crippen LogP) is 3.04. The van der Waals surface area contributed by atoms with Gasteiger partial charge in [-0.15, -0.1) is 0 Å². The molecule has 3 aromatic rings. The zero-order valence-corrected chi connectivity index (χ0v) is 14.9. The number of hydrazine groups is 1.